The van der Waals surface area contributed by atoms with Crippen LogP contribution in [0.25, 0.3) is 11.0 Å². The van der Waals surface area contributed by atoms with Gasteiger partial charge in [0.2, 0.25) is 0 Å². The Labute approximate surface area is 151 Å². The molecule has 0 radical (unpaired) electrons. The first kappa shape index (κ1) is 19.9. The van der Waals surface area contributed by atoms with Crippen molar-refractivity contribution in [3.63, 3.8) is 0 Å². The van der Waals surface area contributed by atoms with E-state index in [1.807, 2.05) is 19.1 Å². The molecule has 140 valence electrons. The smallest absolute Gasteiger partial charge is 0.339 e. The lowest BCUT2D eigenvalue weighted by molar-refractivity contribution is -0.269. The topological polar surface area (TPSA) is 89.1 Å². The van der Waals surface area contributed by atoms with E-state index in [1.54, 1.807) is 19.1 Å². The zero-order valence-corrected chi connectivity index (χ0v) is 15.0. The minimum absolute atomic E-state index is 0.131. The van der Waals surface area contributed by atoms with Crippen LogP contribution in [0.3, 0.4) is 0 Å². The minimum atomic E-state index is -0.478. The third-order valence-corrected chi connectivity index (χ3v) is 4.16. The van der Waals surface area contributed by atoms with E-state index in [0.29, 0.717) is 29.7 Å². The number of fused-ring (bicyclic) bond motifs is 1. The molecule has 0 aliphatic rings. The molecule has 2 aromatic rings. The van der Waals surface area contributed by atoms with Crippen LogP contribution < -0.4 is 10.4 Å². The Hall–Kier alpha value is -2.41. The van der Waals surface area contributed by atoms with E-state index in [4.69, 9.17) is 14.4 Å². The highest BCUT2D eigenvalue weighted by Gasteiger charge is 2.11. The maximum Gasteiger partial charge on any atom is 0.339 e. The van der Waals surface area contributed by atoms with Gasteiger partial charge in [0.05, 0.1) is 18.1 Å². The van der Waals surface area contributed by atoms with Crippen LogP contribution in [0.15, 0.2) is 57.3 Å². The first-order valence-electron chi connectivity index (χ1n) is 8.37. The van der Waals surface area contributed by atoms with Crippen molar-refractivity contribution in [3.05, 3.63) is 64.1 Å². The van der Waals surface area contributed by atoms with Gasteiger partial charge in [-0.05, 0) is 55.5 Å². The zero-order chi connectivity index (χ0) is 19.1. The van der Waals surface area contributed by atoms with Gasteiger partial charge in [-0.15, -0.1) is 0 Å². The third-order valence-electron chi connectivity index (χ3n) is 4.16. The first-order chi connectivity index (χ1) is 12.5. The van der Waals surface area contributed by atoms with Crippen molar-refractivity contribution in [1.82, 2.24) is 0 Å². The minimum Gasteiger partial charge on any atom is -0.488 e. The molecule has 0 unspecified atom stereocenters. The number of aliphatic hydroxyl groups is 1. The second-order valence-electron chi connectivity index (χ2n) is 6.19. The van der Waals surface area contributed by atoms with E-state index < -0.39 is 11.7 Å². The van der Waals surface area contributed by atoms with E-state index in [1.165, 1.54) is 6.07 Å². The summed E-state index contributed by atoms with van der Waals surface area (Å²) < 4.78 is 10.9. The molecule has 0 amide bonds. The second kappa shape index (κ2) is 9.33. The molecule has 0 saturated heterocycles. The van der Waals surface area contributed by atoms with Crippen molar-refractivity contribution in [2.45, 2.75) is 32.8 Å². The molecule has 1 atom stereocenters. The van der Waals surface area contributed by atoms with Crippen LogP contribution in [0.5, 0.6) is 5.75 Å². The van der Waals surface area contributed by atoms with Crippen molar-refractivity contribution in [1.29, 1.82) is 0 Å². The molecule has 6 nitrogen and oxygen atoms in total. The van der Waals surface area contributed by atoms with E-state index in [9.17, 15) is 9.90 Å². The highest BCUT2D eigenvalue weighted by Crippen LogP contribution is 2.27. The molecular formula is C20H24O6. The average Bonchev–Trinajstić information content (AvgIpc) is 2.60. The van der Waals surface area contributed by atoms with Crippen LogP contribution in [0, 0.1) is 6.92 Å². The number of benzene rings is 1. The molecule has 1 aromatic carbocycles. The fourth-order valence-electron chi connectivity index (χ4n) is 2.67. The van der Waals surface area contributed by atoms with Gasteiger partial charge in [0.25, 0.3) is 0 Å². The predicted octanol–water partition coefficient (Wildman–Crippen LogP) is 3.61. The molecule has 0 bridgehead atoms. The first-order valence-corrected chi connectivity index (χ1v) is 8.37. The molecule has 2 N–H and O–H groups in total. The summed E-state index contributed by atoms with van der Waals surface area (Å²) in [6.07, 6.45) is 2.30. The predicted molar refractivity (Wildman–Crippen MR) is 99.4 cm³/mol. The number of ether oxygens (including phenoxy) is 1. The Balaban J connectivity index is 2.10. The van der Waals surface area contributed by atoms with Crippen LogP contribution in [-0.2, 0) is 4.89 Å². The normalized spacial score (nSPS) is 13.0. The third kappa shape index (κ3) is 5.05. The van der Waals surface area contributed by atoms with Gasteiger partial charge < -0.3 is 14.3 Å². The highest BCUT2D eigenvalue weighted by molar-refractivity contribution is 5.86. The zero-order valence-electron chi connectivity index (χ0n) is 15.0. The summed E-state index contributed by atoms with van der Waals surface area (Å²) in [6, 6.07) is 6.77. The van der Waals surface area contributed by atoms with Crippen molar-refractivity contribution in [2.24, 2.45) is 0 Å². The van der Waals surface area contributed by atoms with Crippen molar-refractivity contribution in [2.75, 3.05) is 13.2 Å². The van der Waals surface area contributed by atoms with Crippen LogP contribution >= 0.6 is 0 Å². The van der Waals surface area contributed by atoms with Gasteiger partial charge in [-0.25, -0.2) is 9.68 Å². The summed E-state index contributed by atoms with van der Waals surface area (Å²) in [5, 5.41) is 19.1. The number of hydrogen-bond donors (Lipinski definition) is 2. The van der Waals surface area contributed by atoms with Crippen molar-refractivity contribution in [3.8, 4) is 5.75 Å². The standard InChI is InChI=1S/C20H24O6/c1-13(2)16(26-23)8-7-15(12-21)9-10-24-18-11-19(22)25-17-6-4-5-14(3)20(17)18/h4-6,9,11,16,21,23H,1,7-8,10,12H2,2-3H3/b15-9-/t16-/m0/s1. The Morgan fingerprint density at radius 1 is 1.42 bits per heavy atom. The molecule has 26 heavy (non-hydrogen) atoms. The van der Waals surface area contributed by atoms with Gasteiger partial charge in [0.1, 0.15) is 24.0 Å². The molecule has 0 aliphatic heterocycles. The summed E-state index contributed by atoms with van der Waals surface area (Å²) in [5.41, 5.74) is 2.39. The fraction of sp³-hybridized carbons (Fsp3) is 0.350. The van der Waals surface area contributed by atoms with Gasteiger partial charge in [-0.1, -0.05) is 18.7 Å². The van der Waals surface area contributed by atoms with E-state index in [-0.39, 0.29) is 13.2 Å². The molecule has 2 rings (SSSR count). The summed E-state index contributed by atoms with van der Waals surface area (Å²) in [6.45, 7) is 7.49. The largest absolute Gasteiger partial charge is 0.488 e. The SMILES string of the molecule is C=C(C)[C@H](CC/C(=C/COc1cc(=O)oc2cccc(C)c12)CO)OO. The van der Waals surface area contributed by atoms with Crippen LogP contribution in [-0.4, -0.2) is 29.7 Å². The Bertz CT molecular complexity index is 849. The molecule has 1 aromatic heterocycles. The molecule has 6 heteroatoms. The number of rotatable bonds is 9. The molecule has 0 saturated carbocycles. The summed E-state index contributed by atoms with van der Waals surface area (Å²) in [7, 11) is 0. The maximum atomic E-state index is 11.7. The van der Waals surface area contributed by atoms with Crippen molar-refractivity contribution >= 4 is 11.0 Å². The fourth-order valence-corrected chi connectivity index (χ4v) is 2.67. The molecule has 1 heterocycles. The van der Waals surface area contributed by atoms with Gasteiger partial charge in [-0.2, -0.15) is 0 Å². The molecule has 0 fully saturated rings. The number of hydrogen-bond acceptors (Lipinski definition) is 6. The lowest BCUT2D eigenvalue weighted by Gasteiger charge is -2.14. The highest BCUT2D eigenvalue weighted by atomic mass is 17.1. The lowest BCUT2D eigenvalue weighted by atomic mass is 10.0. The van der Waals surface area contributed by atoms with Crippen LogP contribution in [0.1, 0.15) is 25.3 Å². The quantitative estimate of drug-likeness (QED) is 0.307. The molecule has 0 spiro atoms. The van der Waals surface area contributed by atoms with Gasteiger partial charge in [0, 0.05) is 0 Å². The summed E-state index contributed by atoms with van der Waals surface area (Å²) in [4.78, 5) is 16.1. The number of aliphatic hydroxyl groups excluding tert-OH is 1. The van der Waals surface area contributed by atoms with Gasteiger partial charge in [0.15, 0.2) is 0 Å². The maximum absolute atomic E-state index is 11.7. The average molecular weight is 360 g/mol. The molecular weight excluding hydrogens is 336 g/mol. The Kier molecular flexibility index (Phi) is 7.15. The van der Waals surface area contributed by atoms with Crippen molar-refractivity contribution < 1.29 is 24.4 Å². The van der Waals surface area contributed by atoms with E-state index in [0.717, 1.165) is 16.5 Å². The van der Waals surface area contributed by atoms with E-state index >= 15 is 0 Å². The van der Waals surface area contributed by atoms with Crippen LogP contribution in [0.2, 0.25) is 0 Å². The Morgan fingerprint density at radius 2 is 2.19 bits per heavy atom. The monoisotopic (exact) mass is 360 g/mol. The Morgan fingerprint density at radius 3 is 2.85 bits per heavy atom. The second-order valence-corrected chi connectivity index (χ2v) is 6.19. The van der Waals surface area contributed by atoms with Crippen LogP contribution in [0.4, 0.5) is 0 Å². The van der Waals surface area contributed by atoms with Gasteiger partial charge in [-0.3, -0.25) is 5.26 Å². The van der Waals surface area contributed by atoms with E-state index in [2.05, 4.69) is 11.5 Å². The molecule has 0 aliphatic carbocycles. The number of aryl methyl sites for hydroxylation is 1. The lowest BCUT2D eigenvalue weighted by Crippen LogP contribution is -2.12. The summed E-state index contributed by atoms with van der Waals surface area (Å²) in [5.74, 6) is 0.446. The van der Waals surface area contributed by atoms with Gasteiger partial charge >= 0.3 is 5.63 Å². The summed E-state index contributed by atoms with van der Waals surface area (Å²) >= 11 is 0.